The Morgan fingerprint density at radius 3 is 2.80 bits per heavy atom. The minimum Gasteiger partial charge on any atom is -0.198 e. The molecule has 0 aliphatic rings. The van der Waals surface area contributed by atoms with Crippen molar-refractivity contribution < 1.29 is 0 Å². The van der Waals surface area contributed by atoms with Gasteiger partial charge in [-0.05, 0) is 28.3 Å². The summed E-state index contributed by atoms with van der Waals surface area (Å²) in [5, 5.41) is 11.2. The molecule has 0 aliphatic heterocycles. The second-order valence-corrected chi connectivity index (χ2v) is 3.66. The third kappa shape index (κ3) is 1.85. The lowest BCUT2D eigenvalue weighted by molar-refractivity contribution is 1.16. The number of nitrogens with zero attached hydrogens (tertiary/aromatic N) is 1. The Hall–Kier alpha value is -1.81. The molecule has 0 amide bonds. The molecule has 2 aromatic carbocycles. The van der Waals surface area contributed by atoms with E-state index in [0.29, 0.717) is 6.42 Å². The molecular weight excluding hydrogens is 182 g/mol. The van der Waals surface area contributed by atoms with Crippen LogP contribution < -0.4 is 0 Å². The molecule has 74 valence electrons. The first-order chi connectivity index (χ1) is 7.35. The average molecular weight is 195 g/mol. The van der Waals surface area contributed by atoms with Crippen molar-refractivity contribution in [1.29, 1.82) is 5.26 Å². The Morgan fingerprint density at radius 1 is 1.20 bits per heavy atom. The fourth-order valence-electron chi connectivity index (χ4n) is 1.91. The van der Waals surface area contributed by atoms with Gasteiger partial charge in [-0.25, -0.2) is 0 Å². The highest BCUT2D eigenvalue weighted by Crippen LogP contribution is 2.20. The zero-order chi connectivity index (χ0) is 10.7. The molecule has 2 rings (SSSR count). The Labute approximate surface area is 90.0 Å². The summed E-state index contributed by atoms with van der Waals surface area (Å²) in [5.74, 6) is 0. The quantitative estimate of drug-likeness (QED) is 0.719. The molecule has 1 heteroatoms. The number of aryl methyl sites for hydroxylation is 1. The summed E-state index contributed by atoms with van der Waals surface area (Å²) in [4.78, 5) is 0. The predicted molar refractivity (Wildman–Crippen MR) is 62.6 cm³/mol. The first kappa shape index (κ1) is 9.73. The minimum atomic E-state index is 0.492. The van der Waals surface area contributed by atoms with E-state index < -0.39 is 0 Å². The maximum absolute atomic E-state index is 8.64. The van der Waals surface area contributed by atoms with E-state index in [4.69, 9.17) is 5.26 Å². The van der Waals surface area contributed by atoms with Gasteiger partial charge in [0.25, 0.3) is 0 Å². The van der Waals surface area contributed by atoms with Gasteiger partial charge in [-0.15, -0.1) is 0 Å². The third-order valence-electron chi connectivity index (χ3n) is 2.70. The van der Waals surface area contributed by atoms with Crippen LogP contribution in [0.2, 0.25) is 0 Å². The number of nitriles is 1. The van der Waals surface area contributed by atoms with E-state index in [1.54, 1.807) is 0 Å². The number of rotatable bonds is 2. The Balaban J connectivity index is 2.59. The maximum Gasteiger partial charge on any atom is 0.0669 e. The number of benzene rings is 2. The van der Waals surface area contributed by atoms with Gasteiger partial charge in [-0.3, -0.25) is 0 Å². The van der Waals surface area contributed by atoms with E-state index in [9.17, 15) is 0 Å². The van der Waals surface area contributed by atoms with Crippen molar-refractivity contribution in [2.75, 3.05) is 0 Å². The molecule has 0 saturated heterocycles. The summed E-state index contributed by atoms with van der Waals surface area (Å²) >= 11 is 0. The molecule has 0 fully saturated rings. The lowest BCUT2D eigenvalue weighted by Gasteiger charge is -2.05. The number of fused-ring (bicyclic) bond motifs is 1. The lowest BCUT2D eigenvalue weighted by atomic mass is 10.00. The second kappa shape index (κ2) is 4.14. The molecule has 0 aliphatic carbocycles. The van der Waals surface area contributed by atoms with E-state index in [2.05, 4.69) is 43.3 Å². The van der Waals surface area contributed by atoms with Gasteiger partial charge < -0.3 is 0 Å². The fourth-order valence-corrected chi connectivity index (χ4v) is 1.91. The maximum atomic E-state index is 8.64. The van der Waals surface area contributed by atoms with Crippen LogP contribution in [-0.4, -0.2) is 0 Å². The first-order valence-corrected chi connectivity index (χ1v) is 5.22. The molecule has 0 spiro atoms. The monoisotopic (exact) mass is 195 g/mol. The summed E-state index contributed by atoms with van der Waals surface area (Å²) in [6.45, 7) is 2.16. The van der Waals surface area contributed by atoms with Crippen molar-refractivity contribution in [2.45, 2.75) is 19.8 Å². The molecular formula is C14H13N. The van der Waals surface area contributed by atoms with Gasteiger partial charge in [0.1, 0.15) is 0 Å². The molecule has 0 bridgehead atoms. The van der Waals surface area contributed by atoms with Crippen LogP contribution in [0.5, 0.6) is 0 Å². The van der Waals surface area contributed by atoms with Crippen LogP contribution in [0, 0.1) is 11.3 Å². The normalized spacial score (nSPS) is 10.1. The molecule has 15 heavy (non-hydrogen) atoms. The molecule has 0 heterocycles. The standard InChI is InChI=1S/C14H13N/c1-2-12-4-3-5-13-10-11(8-9-15)6-7-14(12)13/h3-7,10H,2,8H2,1H3. The molecule has 0 N–H and O–H groups in total. The third-order valence-corrected chi connectivity index (χ3v) is 2.70. The van der Waals surface area contributed by atoms with Crippen molar-refractivity contribution in [3.63, 3.8) is 0 Å². The minimum absolute atomic E-state index is 0.492. The van der Waals surface area contributed by atoms with Crippen molar-refractivity contribution in [1.82, 2.24) is 0 Å². The van der Waals surface area contributed by atoms with E-state index in [0.717, 1.165) is 12.0 Å². The van der Waals surface area contributed by atoms with Crippen molar-refractivity contribution in [3.05, 3.63) is 47.5 Å². The highest BCUT2D eigenvalue weighted by molar-refractivity contribution is 5.86. The second-order valence-electron chi connectivity index (χ2n) is 3.66. The van der Waals surface area contributed by atoms with Crippen LogP contribution in [0.3, 0.4) is 0 Å². The largest absolute Gasteiger partial charge is 0.198 e. The van der Waals surface area contributed by atoms with Crippen LogP contribution in [0.25, 0.3) is 10.8 Å². The predicted octanol–water partition coefficient (Wildman–Crippen LogP) is 3.47. The number of hydrogen-bond donors (Lipinski definition) is 0. The SMILES string of the molecule is CCc1cccc2cc(CC#N)ccc12. The molecule has 0 radical (unpaired) electrons. The smallest absolute Gasteiger partial charge is 0.0669 e. The van der Waals surface area contributed by atoms with Crippen LogP contribution in [-0.2, 0) is 12.8 Å². The van der Waals surface area contributed by atoms with E-state index >= 15 is 0 Å². The van der Waals surface area contributed by atoms with Gasteiger partial charge in [0.05, 0.1) is 12.5 Å². The average Bonchev–Trinajstić information content (AvgIpc) is 2.28. The highest BCUT2D eigenvalue weighted by atomic mass is 14.2. The molecule has 1 nitrogen and oxygen atoms in total. The summed E-state index contributed by atoms with van der Waals surface area (Å²) in [6.07, 6.45) is 1.54. The zero-order valence-corrected chi connectivity index (χ0v) is 8.83. The van der Waals surface area contributed by atoms with Gasteiger partial charge >= 0.3 is 0 Å². The topological polar surface area (TPSA) is 23.8 Å². The Bertz CT molecular complexity index is 520. The Kier molecular flexibility index (Phi) is 2.69. The fraction of sp³-hybridized carbons (Fsp3) is 0.214. The van der Waals surface area contributed by atoms with E-state index in [1.165, 1.54) is 16.3 Å². The van der Waals surface area contributed by atoms with Gasteiger partial charge in [-0.2, -0.15) is 5.26 Å². The summed E-state index contributed by atoms with van der Waals surface area (Å²) in [7, 11) is 0. The van der Waals surface area contributed by atoms with Crippen LogP contribution in [0.1, 0.15) is 18.1 Å². The highest BCUT2D eigenvalue weighted by Gasteiger charge is 1.99. The molecule has 0 saturated carbocycles. The number of hydrogen-bond acceptors (Lipinski definition) is 1. The van der Waals surface area contributed by atoms with Crippen LogP contribution in [0.4, 0.5) is 0 Å². The molecule has 2 aromatic rings. The summed E-state index contributed by atoms with van der Waals surface area (Å²) in [5.41, 5.74) is 2.47. The van der Waals surface area contributed by atoms with Gasteiger partial charge in [0, 0.05) is 0 Å². The molecule has 0 aromatic heterocycles. The lowest BCUT2D eigenvalue weighted by Crippen LogP contribution is -1.86. The van der Waals surface area contributed by atoms with Crippen LogP contribution >= 0.6 is 0 Å². The van der Waals surface area contributed by atoms with Crippen LogP contribution in [0.15, 0.2) is 36.4 Å². The summed E-state index contributed by atoms with van der Waals surface area (Å²) < 4.78 is 0. The van der Waals surface area contributed by atoms with Gasteiger partial charge in [-0.1, -0.05) is 43.3 Å². The first-order valence-electron chi connectivity index (χ1n) is 5.22. The Morgan fingerprint density at radius 2 is 2.07 bits per heavy atom. The summed E-state index contributed by atoms with van der Waals surface area (Å²) in [6, 6.07) is 14.8. The van der Waals surface area contributed by atoms with E-state index in [-0.39, 0.29) is 0 Å². The molecule has 0 atom stereocenters. The van der Waals surface area contributed by atoms with Crippen molar-refractivity contribution >= 4 is 10.8 Å². The van der Waals surface area contributed by atoms with Crippen molar-refractivity contribution in [3.8, 4) is 6.07 Å². The van der Waals surface area contributed by atoms with E-state index in [1.807, 2.05) is 6.07 Å². The van der Waals surface area contributed by atoms with Gasteiger partial charge in [0.2, 0.25) is 0 Å². The van der Waals surface area contributed by atoms with Gasteiger partial charge in [0.15, 0.2) is 0 Å². The zero-order valence-electron chi connectivity index (χ0n) is 8.83. The molecule has 0 unspecified atom stereocenters. The van der Waals surface area contributed by atoms with Crippen molar-refractivity contribution in [2.24, 2.45) is 0 Å².